The standard InChI is InChI=1S/C15H24N2O2/c1-5-17(12-15(2,3)19)14(18)11-16(4)13-9-7-6-8-10-13/h6-10,19H,5,11-12H2,1-4H3. The van der Waals surface area contributed by atoms with Gasteiger partial charge in [0, 0.05) is 25.8 Å². The van der Waals surface area contributed by atoms with Crippen molar-refractivity contribution in [1.29, 1.82) is 0 Å². The molecule has 1 aromatic rings. The van der Waals surface area contributed by atoms with Crippen molar-refractivity contribution in [1.82, 2.24) is 4.90 Å². The Kier molecular flexibility index (Phi) is 5.36. The monoisotopic (exact) mass is 264 g/mol. The lowest BCUT2D eigenvalue weighted by Gasteiger charge is -2.30. The van der Waals surface area contributed by atoms with Crippen LogP contribution in [0.1, 0.15) is 20.8 Å². The van der Waals surface area contributed by atoms with Gasteiger partial charge >= 0.3 is 0 Å². The molecule has 0 aromatic heterocycles. The number of anilines is 1. The first kappa shape index (κ1) is 15.5. The fourth-order valence-corrected chi connectivity index (χ4v) is 1.92. The van der Waals surface area contributed by atoms with E-state index in [0.717, 1.165) is 5.69 Å². The summed E-state index contributed by atoms with van der Waals surface area (Å²) >= 11 is 0. The topological polar surface area (TPSA) is 43.8 Å². The normalized spacial score (nSPS) is 11.2. The quantitative estimate of drug-likeness (QED) is 0.851. The van der Waals surface area contributed by atoms with Crippen molar-refractivity contribution in [2.24, 2.45) is 0 Å². The van der Waals surface area contributed by atoms with E-state index in [1.807, 2.05) is 49.2 Å². The Bertz CT molecular complexity index is 398. The molecule has 1 aromatic carbocycles. The van der Waals surface area contributed by atoms with Gasteiger partial charge in [0.25, 0.3) is 0 Å². The van der Waals surface area contributed by atoms with Crippen molar-refractivity contribution in [2.75, 3.05) is 31.6 Å². The lowest BCUT2D eigenvalue weighted by molar-refractivity contribution is -0.132. The number of rotatable bonds is 6. The maximum Gasteiger partial charge on any atom is 0.242 e. The number of nitrogens with zero attached hydrogens (tertiary/aromatic N) is 2. The fourth-order valence-electron chi connectivity index (χ4n) is 1.92. The number of hydrogen-bond acceptors (Lipinski definition) is 3. The molecule has 1 amide bonds. The predicted molar refractivity (Wildman–Crippen MR) is 78.3 cm³/mol. The Labute approximate surface area is 115 Å². The number of carbonyl (C=O) groups is 1. The number of para-hydroxylation sites is 1. The second kappa shape index (κ2) is 6.57. The molecule has 0 saturated carbocycles. The van der Waals surface area contributed by atoms with Gasteiger partial charge in [-0.15, -0.1) is 0 Å². The predicted octanol–water partition coefficient (Wildman–Crippen LogP) is 1.74. The van der Waals surface area contributed by atoms with E-state index < -0.39 is 5.60 Å². The van der Waals surface area contributed by atoms with Crippen LogP contribution in [0.2, 0.25) is 0 Å². The van der Waals surface area contributed by atoms with Crippen molar-refractivity contribution in [2.45, 2.75) is 26.4 Å². The van der Waals surface area contributed by atoms with Crippen LogP contribution in [0.15, 0.2) is 30.3 Å². The summed E-state index contributed by atoms with van der Waals surface area (Å²) in [6.45, 7) is 6.62. The van der Waals surface area contributed by atoms with Gasteiger partial charge < -0.3 is 14.9 Å². The van der Waals surface area contributed by atoms with Gasteiger partial charge in [0.2, 0.25) is 5.91 Å². The van der Waals surface area contributed by atoms with Crippen LogP contribution < -0.4 is 4.90 Å². The number of amides is 1. The van der Waals surface area contributed by atoms with Crippen LogP contribution in [0, 0.1) is 0 Å². The summed E-state index contributed by atoms with van der Waals surface area (Å²) in [6.07, 6.45) is 0. The van der Waals surface area contributed by atoms with Crippen LogP contribution in [0.3, 0.4) is 0 Å². The summed E-state index contributed by atoms with van der Waals surface area (Å²) in [5, 5.41) is 9.81. The Morgan fingerprint density at radius 1 is 1.26 bits per heavy atom. The zero-order valence-corrected chi connectivity index (χ0v) is 12.3. The molecule has 0 aliphatic carbocycles. The smallest absolute Gasteiger partial charge is 0.242 e. The van der Waals surface area contributed by atoms with Gasteiger partial charge in [-0.25, -0.2) is 0 Å². The van der Waals surface area contributed by atoms with E-state index in [4.69, 9.17) is 0 Å². The zero-order chi connectivity index (χ0) is 14.5. The summed E-state index contributed by atoms with van der Waals surface area (Å²) in [6, 6.07) is 9.79. The minimum atomic E-state index is -0.864. The number of aliphatic hydroxyl groups is 1. The molecular weight excluding hydrogens is 240 g/mol. The number of carbonyl (C=O) groups excluding carboxylic acids is 1. The van der Waals surface area contributed by atoms with Crippen LogP contribution in [-0.4, -0.2) is 48.2 Å². The lowest BCUT2D eigenvalue weighted by atomic mass is 10.1. The summed E-state index contributed by atoms with van der Waals surface area (Å²) in [5.41, 5.74) is 0.145. The van der Waals surface area contributed by atoms with Crippen LogP contribution in [0.25, 0.3) is 0 Å². The second-order valence-electron chi connectivity index (χ2n) is 5.41. The molecule has 19 heavy (non-hydrogen) atoms. The van der Waals surface area contributed by atoms with Gasteiger partial charge in [-0.3, -0.25) is 4.79 Å². The van der Waals surface area contributed by atoms with Crippen molar-refractivity contribution >= 4 is 11.6 Å². The molecule has 0 saturated heterocycles. The molecule has 0 unspecified atom stereocenters. The van der Waals surface area contributed by atoms with Crippen molar-refractivity contribution < 1.29 is 9.90 Å². The maximum absolute atomic E-state index is 12.2. The van der Waals surface area contributed by atoms with Gasteiger partial charge in [0.05, 0.1) is 12.1 Å². The van der Waals surface area contributed by atoms with E-state index in [-0.39, 0.29) is 5.91 Å². The summed E-state index contributed by atoms with van der Waals surface area (Å²) in [4.78, 5) is 15.8. The van der Waals surface area contributed by atoms with Crippen molar-refractivity contribution in [3.8, 4) is 0 Å². The average molecular weight is 264 g/mol. The molecule has 4 nitrogen and oxygen atoms in total. The molecule has 0 heterocycles. The second-order valence-corrected chi connectivity index (χ2v) is 5.41. The number of benzene rings is 1. The molecule has 106 valence electrons. The molecule has 0 spiro atoms. The Balaban J connectivity index is 2.62. The molecule has 0 bridgehead atoms. The minimum Gasteiger partial charge on any atom is -0.389 e. The largest absolute Gasteiger partial charge is 0.389 e. The Morgan fingerprint density at radius 3 is 2.32 bits per heavy atom. The maximum atomic E-state index is 12.2. The van der Waals surface area contributed by atoms with Crippen molar-refractivity contribution in [3.05, 3.63) is 30.3 Å². The van der Waals surface area contributed by atoms with Gasteiger partial charge in [0.15, 0.2) is 0 Å². The van der Waals surface area contributed by atoms with E-state index in [9.17, 15) is 9.90 Å². The van der Waals surface area contributed by atoms with E-state index in [1.165, 1.54) is 0 Å². The Hall–Kier alpha value is -1.55. The third kappa shape index (κ3) is 5.30. The summed E-state index contributed by atoms with van der Waals surface area (Å²) < 4.78 is 0. The fraction of sp³-hybridized carbons (Fsp3) is 0.533. The highest BCUT2D eigenvalue weighted by atomic mass is 16.3. The molecule has 4 heteroatoms. The van der Waals surface area contributed by atoms with E-state index in [1.54, 1.807) is 18.7 Å². The Morgan fingerprint density at radius 2 is 1.84 bits per heavy atom. The first-order valence-electron chi connectivity index (χ1n) is 6.60. The molecular formula is C15H24N2O2. The van der Waals surface area contributed by atoms with Gasteiger partial charge in [-0.2, -0.15) is 0 Å². The number of likely N-dealkylation sites (N-methyl/N-ethyl adjacent to an activating group) is 2. The lowest BCUT2D eigenvalue weighted by Crippen LogP contribution is -2.45. The molecule has 0 radical (unpaired) electrons. The van der Waals surface area contributed by atoms with Gasteiger partial charge in [-0.1, -0.05) is 18.2 Å². The van der Waals surface area contributed by atoms with Gasteiger partial charge in [0.1, 0.15) is 0 Å². The van der Waals surface area contributed by atoms with Crippen LogP contribution in [0.5, 0.6) is 0 Å². The first-order chi connectivity index (χ1) is 8.83. The number of hydrogen-bond donors (Lipinski definition) is 1. The molecule has 0 aliphatic rings. The first-order valence-corrected chi connectivity index (χ1v) is 6.60. The van der Waals surface area contributed by atoms with Crippen LogP contribution in [-0.2, 0) is 4.79 Å². The van der Waals surface area contributed by atoms with Crippen LogP contribution >= 0.6 is 0 Å². The van der Waals surface area contributed by atoms with E-state index >= 15 is 0 Å². The third-order valence-electron chi connectivity index (χ3n) is 2.88. The van der Waals surface area contributed by atoms with Crippen LogP contribution in [0.4, 0.5) is 5.69 Å². The molecule has 1 N–H and O–H groups in total. The van der Waals surface area contributed by atoms with E-state index in [2.05, 4.69) is 0 Å². The van der Waals surface area contributed by atoms with Crippen molar-refractivity contribution in [3.63, 3.8) is 0 Å². The molecule has 0 atom stereocenters. The van der Waals surface area contributed by atoms with Gasteiger partial charge in [-0.05, 0) is 32.9 Å². The zero-order valence-electron chi connectivity index (χ0n) is 12.3. The third-order valence-corrected chi connectivity index (χ3v) is 2.88. The highest BCUT2D eigenvalue weighted by Gasteiger charge is 2.21. The minimum absolute atomic E-state index is 0.0241. The molecule has 0 fully saturated rings. The highest BCUT2D eigenvalue weighted by molar-refractivity contribution is 5.81. The molecule has 1 rings (SSSR count). The molecule has 0 aliphatic heterocycles. The van der Waals surface area contributed by atoms with E-state index in [0.29, 0.717) is 19.6 Å². The summed E-state index contributed by atoms with van der Waals surface area (Å²) in [5.74, 6) is 0.0241. The SMILES string of the molecule is CCN(CC(C)(C)O)C(=O)CN(C)c1ccccc1. The average Bonchev–Trinajstić information content (AvgIpc) is 2.35. The highest BCUT2D eigenvalue weighted by Crippen LogP contribution is 2.12. The summed E-state index contributed by atoms with van der Waals surface area (Å²) in [7, 11) is 1.89.